The molecule has 0 fully saturated rings. The number of ether oxygens (including phenoxy) is 1. The maximum absolute atomic E-state index is 12.4. The Morgan fingerprint density at radius 3 is 2.50 bits per heavy atom. The zero-order chi connectivity index (χ0) is 14.8. The van der Waals surface area contributed by atoms with Crippen molar-refractivity contribution in [1.29, 1.82) is 0 Å². The standard InChI is InChI=1S/C16H12N2O3.ClH/c1-21-16(20)12-9-5-8-11-13(12)18-15(14(11)19)17-10-6-3-2-4-7-10;/h2-9H,1H3,(H,17,18,19);1H. The Hall–Kier alpha value is -2.50. The van der Waals surface area contributed by atoms with Crippen LogP contribution in [0.2, 0.25) is 0 Å². The lowest BCUT2D eigenvalue weighted by Crippen LogP contribution is -3.00. The summed E-state index contributed by atoms with van der Waals surface area (Å²) in [6.07, 6.45) is 0. The van der Waals surface area contributed by atoms with E-state index in [4.69, 9.17) is 4.74 Å². The number of nitrogens with two attached hydrogens (primary N) is 1. The van der Waals surface area contributed by atoms with Gasteiger partial charge < -0.3 is 17.1 Å². The van der Waals surface area contributed by atoms with Gasteiger partial charge in [-0.05, 0) is 24.3 Å². The van der Waals surface area contributed by atoms with E-state index in [0.717, 1.165) is 5.69 Å². The molecule has 0 unspecified atom stereocenters. The molecule has 0 bridgehead atoms. The molecular weight excluding hydrogens is 304 g/mol. The minimum Gasteiger partial charge on any atom is -1.00 e. The highest BCUT2D eigenvalue weighted by Gasteiger charge is 2.32. The Morgan fingerprint density at radius 2 is 1.82 bits per heavy atom. The van der Waals surface area contributed by atoms with E-state index >= 15 is 0 Å². The topological polar surface area (TPSA) is 72.3 Å². The number of quaternary nitrogens is 1. The second-order valence-electron chi connectivity index (χ2n) is 4.57. The third-order valence-corrected chi connectivity index (χ3v) is 3.25. The predicted molar refractivity (Wildman–Crippen MR) is 77.2 cm³/mol. The summed E-state index contributed by atoms with van der Waals surface area (Å²) < 4.78 is 4.72. The van der Waals surface area contributed by atoms with E-state index in [9.17, 15) is 9.59 Å². The van der Waals surface area contributed by atoms with Gasteiger partial charge in [0.25, 0.3) is 11.6 Å². The van der Waals surface area contributed by atoms with Gasteiger partial charge in [-0.2, -0.15) is 4.99 Å². The van der Waals surface area contributed by atoms with Gasteiger partial charge in [-0.1, -0.05) is 24.3 Å². The van der Waals surface area contributed by atoms with Crippen molar-refractivity contribution in [2.24, 2.45) is 4.99 Å². The smallest absolute Gasteiger partial charge is 0.340 e. The fraction of sp³-hybridized carbons (Fsp3) is 0.0625. The van der Waals surface area contributed by atoms with Crippen molar-refractivity contribution < 1.29 is 32.0 Å². The Balaban J connectivity index is 0.00000176. The van der Waals surface area contributed by atoms with Crippen LogP contribution in [0.15, 0.2) is 53.5 Å². The zero-order valence-corrected chi connectivity index (χ0v) is 12.5. The lowest BCUT2D eigenvalue weighted by molar-refractivity contribution is -0.440. The number of halogens is 1. The average Bonchev–Trinajstić information content (AvgIpc) is 2.84. The first kappa shape index (κ1) is 15.9. The fourth-order valence-corrected chi connectivity index (χ4v) is 2.24. The van der Waals surface area contributed by atoms with Crippen LogP contribution in [0.25, 0.3) is 0 Å². The van der Waals surface area contributed by atoms with Gasteiger partial charge in [0.15, 0.2) is 0 Å². The van der Waals surface area contributed by atoms with E-state index in [1.807, 2.05) is 30.3 Å². The number of benzene rings is 2. The number of amidine groups is 1. The molecule has 5 nitrogen and oxygen atoms in total. The summed E-state index contributed by atoms with van der Waals surface area (Å²) in [6, 6.07) is 14.4. The number of rotatable bonds is 2. The highest BCUT2D eigenvalue weighted by Crippen LogP contribution is 2.30. The molecule has 1 aliphatic rings. The first-order valence-corrected chi connectivity index (χ1v) is 6.45. The molecule has 0 saturated heterocycles. The summed E-state index contributed by atoms with van der Waals surface area (Å²) in [7, 11) is 1.30. The van der Waals surface area contributed by atoms with Gasteiger partial charge in [-0.15, -0.1) is 0 Å². The van der Waals surface area contributed by atoms with Crippen LogP contribution in [0.3, 0.4) is 0 Å². The van der Waals surface area contributed by atoms with Crippen LogP contribution in [0.5, 0.6) is 0 Å². The number of hydrogen-bond donors (Lipinski definition) is 1. The number of para-hydroxylation sites is 2. The molecule has 1 aliphatic heterocycles. The number of carbonyl (C=O) groups is 2. The lowest BCUT2D eigenvalue weighted by Gasteiger charge is -2.01. The molecule has 0 spiro atoms. The van der Waals surface area contributed by atoms with Crippen molar-refractivity contribution in [3.8, 4) is 0 Å². The van der Waals surface area contributed by atoms with Crippen LogP contribution < -0.4 is 17.7 Å². The number of Topliss-reactive ketones (excluding diaryl/α,β-unsaturated/α-hetero) is 1. The molecule has 2 aromatic rings. The normalized spacial score (nSPS) is 12.2. The molecule has 2 aromatic carbocycles. The number of methoxy groups -OCH3 is 1. The SMILES string of the molecule is COC(=O)c1cccc2c1N=C([NH2+]c1ccccc1)C2=O.[Cl-]. The van der Waals surface area contributed by atoms with Gasteiger partial charge in [0.1, 0.15) is 5.69 Å². The number of esters is 1. The Morgan fingerprint density at radius 1 is 1.09 bits per heavy atom. The maximum atomic E-state index is 12.4. The predicted octanol–water partition coefficient (Wildman–Crippen LogP) is -1.40. The van der Waals surface area contributed by atoms with E-state index < -0.39 is 5.97 Å². The number of fused-ring (bicyclic) bond motifs is 1. The molecule has 22 heavy (non-hydrogen) atoms. The molecule has 0 atom stereocenters. The minimum absolute atomic E-state index is 0. The summed E-state index contributed by atoms with van der Waals surface area (Å²) in [4.78, 5) is 28.4. The van der Waals surface area contributed by atoms with Crippen LogP contribution in [-0.2, 0) is 4.74 Å². The van der Waals surface area contributed by atoms with E-state index in [0.29, 0.717) is 22.6 Å². The third kappa shape index (κ3) is 2.77. The number of carbonyl (C=O) groups excluding carboxylic acids is 2. The Kier molecular flexibility index (Phi) is 4.70. The molecule has 6 heteroatoms. The molecule has 0 saturated carbocycles. The van der Waals surface area contributed by atoms with E-state index in [2.05, 4.69) is 4.99 Å². The second kappa shape index (κ2) is 6.51. The van der Waals surface area contributed by atoms with Crippen LogP contribution in [0.4, 0.5) is 11.4 Å². The van der Waals surface area contributed by atoms with Crippen molar-refractivity contribution >= 4 is 29.0 Å². The number of aliphatic imine (C=N–C) groups is 1. The molecule has 0 aromatic heterocycles. The van der Waals surface area contributed by atoms with E-state index in [-0.39, 0.29) is 18.2 Å². The third-order valence-electron chi connectivity index (χ3n) is 3.25. The van der Waals surface area contributed by atoms with Gasteiger partial charge >= 0.3 is 5.97 Å². The molecule has 112 valence electrons. The number of nitrogens with zero attached hydrogens (tertiary/aromatic N) is 1. The van der Waals surface area contributed by atoms with E-state index in [1.54, 1.807) is 23.5 Å². The summed E-state index contributed by atoms with van der Waals surface area (Å²) in [5.74, 6) is -0.350. The van der Waals surface area contributed by atoms with Crippen molar-refractivity contribution in [3.63, 3.8) is 0 Å². The van der Waals surface area contributed by atoms with Gasteiger partial charge in [-0.25, -0.2) is 4.79 Å². The van der Waals surface area contributed by atoms with Crippen LogP contribution in [0.1, 0.15) is 20.7 Å². The molecule has 1 heterocycles. The van der Waals surface area contributed by atoms with Gasteiger partial charge in [0, 0.05) is 0 Å². The van der Waals surface area contributed by atoms with Crippen molar-refractivity contribution in [2.45, 2.75) is 0 Å². The summed E-state index contributed by atoms with van der Waals surface area (Å²) in [5, 5.41) is 1.71. The Bertz CT molecular complexity index is 757. The molecule has 0 aliphatic carbocycles. The Labute approximate surface area is 133 Å². The summed E-state index contributed by atoms with van der Waals surface area (Å²) in [5.41, 5.74) is 2.01. The van der Waals surface area contributed by atoms with Crippen molar-refractivity contribution in [1.82, 2.24) is 0 Å². The first-order valence-electron chi connectivity index (χ1n) is 6.45. The van der Waals surface area contributed by atoms with Gasteiger partial charge in [0.05, 0.1) is 23.9 Å². The van der Waals surface area contributed by atoms with Crippen molar-refractivity contribution in [2.75, 3.05) is 7.11 Å². The average molecular weight is 317 g/mol. The minimum atomic E-state index is -0.496. The van der Waals surface area contributed by atoms with Crippen LogP contribution >= 0.6 is 0 Å². The monoisotopic (exact) mass is 316 g/mol. The summed E-state index contributed by atoms with van der Waals surface area (Å²) in [6.45, 7) is 0. The number of ketones is 1. The lowest BCUT2D eigenvalue weighted by atomic mass is 10.1. The van der Waals surface area contributed by atoms with Gasteiger partial charge in [0.2, 0.25) is 0 Å². The largest absolute Gasteiger partial charge is 1.00 e. The quantitative estimate of drug-likeness (QED) is 0.547. The maximum Gasteiger partial charge on any atom is 0.340 e. The zero-order valence-electron chi connectivity index (χ0n) is 11.7. The molecule has 3 rings (SSSR count). The van der Waals surface area contributed by atoms with Gasteiger partial charge in [-0.3, -0.25) is 10.1 Å². The number of hydrogen-bond acceptors (Lipinski definition) is 4. The fourth-order valence-electron chi connectivity index (χ4n) is 2.24. The molecular formula is C16H13ClN2O3. The first-order chi connectivity index (χ1) is 10.2. The van der Waals surface area contributed by atoms with Crippen LogP contribution in [0, 0.1) is 0 Å². The second-order valence-corrected chi connectivity index (χ2v) is 4.57. The molecule has 0 radical (unpaired) electrons. The molecule has 0 amide bonds. The highest BCUT2D eigenvalue weighted by atomic mass is 35.5. The van der Waals surface area contributed by atoms with Crippen molar-refractivity contribution in [3.05, 3.63) is 59.7 Å². The highest BCUT2D eigenvalue weighted by molar-refractivity contribution is 6.46. The molecule has 2 N–H and O–H groups in total. The van der Waals surface area contributed by atoms with Crippen LogP contribution in [-0.4, -0.2) is 24.7 Å². The summed E-state index contributed by atoms with van der Waals surface area (Å²) >= 11 is 0. The van der Waals surface area contributed by atoms with E-state index in [1.165, 1.54) is 7.11 Å².